The number of nitrogens with zero attached hydrogens (tertiary/aromatic N) is 1. The maximum Gasteiger partial charge on any atom is 0.245 e. The monoisotopic (exact) mass is 496 g/mol. The highest BCUT2D eigenvalue weighted by atomic mass is 35.5. The molecule has 0 spiro atoms. The van der Waals surface area contributed by atoms with E-state index >= 15 is 0 Å². The molecule has 0 unspecified atom stereocenters. The van der Waals surface area contributed by atoms with Gasteiger partial charge in [-0.3, -0.25) is 4.79 Å². The summed E-state index contributed by atoms with van der Waals surface area (Å²) in [6.45, 7) is -0.389. The Bertz CT molecular complexity index is 1080. The summed E-state index contributed by atoms with van der Waals surface area (Å²) in [5.74, 6) is 2.17. The predicted molar refractivity (Wildman–Crippen MR) is 122 cm³/mol. The minimum absolute atomic E-state index is 0.0559. The van der Waals surface area contributed by atoms with Gasteiger partial charge in [0.1, 0.15) is 10.7 Å². The van der Waals surface area contributed by atoms with Crippen molar-refractivity contribution in [3.63, 3.8) is 0 Å². The molecule has 1 heterocycles. The van der Waals surface area contributed by atoms with Gasteiger partial charge in [-0.15, -0.1) is 0 Å². The Morgan fingerprint density at radius 1 is 1.09 bits per heavy atom. The van der Waals surface area contributed by atoms with Crippen molar-refractivity contribution < 1.29 is 17.6 Å². The number of sulfonamides is 1. The summed E-state index contributed by atoms with van der Waals surface area (Å²) in [6.07, 6.45) is 8.26. The van der Waals surface area contributed by atoms with E-state index in [9.17, 15) is 13.2 Å². The molecule has 6 nitrogen and oxygen atoms in total. The number of carbonyl (C=O) groups excluding carboxylic acids is 1. The fourth-order valence-corrected chi connectivity index (χ4v) is 8.48. The van der Waals surface area contributed by atoms with Gasteiger partial charge in [0.25, 0.3) is 0 Å². The van der Waals surface area contributed by atoms with Crippen molar-refractivity contribution in [2.45, 2.75) is 55.5 Å². The van der Waals surface area contributed by atoms with Gasteiger partial charge >= 0.3 is 0 Å². The van der Waals surface area contributed by atoms with E-state index in [0.29, 0.717) is 23.5 Å². The molecule has 0 aliphatic heterocycles. The quantitative estimate of drug-likeness (QED) is 0.593. The SMILES string of the molecule is O=C(CN(Cc1ccco1)S(=O)(=O)c1cc(Cl)ccc1Cl)NC12CC3CC(CC(C3)C1)C2. The number of halogens is 2. The van der Waals surface area contributed by atoms with Gasteiger partial charge in [-0.1, -0.05) is 23.2 Å². The summed E-state index contributed by atoms with van der Waals surface area (Å²) in [5.41, 5.74) is -0.195. The summed E-state index contributed by atoms with van der Waals surface area (Å²) in [4.78, 5) is 13.1. The zero-order valence-corrected chi connectivity index (χ0v) is 19.9. The van der Waals surface area contributed by atoms with Crippen molar-refractivity contribution in [3.8, 4) is 0 Å². The van der Waals surface area contributed by atoms with Crippen LogP contribution in [0.1, 0.15) is 44.3 Å². The Kier molecular flexibility index (Phi) is 5.81. The van der Waals surface area contributed by atoms with Gasteiger partial charge in [0.2, 0.25) is 15.9 Å². The van der Waals surface area contributed by atoms with Crippen molar-refractivity contribution in [2.75, 3.05) is 6.54 Å². The van der Waals surface area contributed by atoms with Crippen LogP contribution in [0.3, 0.4) is 0 Å². The normalized spacial score (nSPS) is 28.9. The van der Waals surface area contributed by atoms with Gasteiger partial charge in [-0.25, -0.2) is 8.42 Å². The van der Waals surface area contributed by atoms with E-state index in [2.05, 4.69) is 5.32 Å². The van der Waals surface area contributed by atoms with Crippen molar-refractivity contribution in [1.82, 2.24) is 9.62 Å². The number of hydrogen-bond acceptors (Lipinski definition) is 4. The largest absolute Gasteiger partial charge is 0.468 e. The maximum atomic E-state index is 13.5. The first-order valence-corrected chi connectivity index (χ1v) is 13.2. The van der Waals surface area contributed by atoms with Gasteiger partial charge in [0, 0.05) is 10.6 Å². The molecule has 4 bridgehead atoms. The van der Waals surface area contributed by atoms with Gasteiger partial charge in [0.05, 0.1) is 24.4 Å². The van der Waals surface area contributed by atoms with E-state index in [1.807, 2.05) is 0 Å². The average Bonchev–Trinajstić information content (AvgIpc) is 3.21. The van der Waals surface area contributed by atoms with Crippen molar-refractivity contribution in [1.29, 1.82) is 0 Å². The van der Waals surface area contributed by atoms with Crippen LogP contribution in [0.15, 0.2) is 45.9 Å². The lowest BCUT2D eigenvalue weighted by molar-refractivity contribution is -0.127. The molecule has 4 fully saturated rings. The Hall–Kier alpha value is -1.54. The molecular formula is C23H26Cl2N2O4S. The molecule has 4 aliphatic rings. The fraction of sp³-hybridized carbons (Fsp3) is 0.522. The molecule has 0 saturated heterocycles. The maximum absolute atomic E-state index is 13.5. The fourth-order valence-electron chi connectivity index (χ4n) is 6.38. The third-order valence-corrected chi connectivity index (χ3v) is 9.69. The number of carbonyl (C=O) groups is 1. The van der Waals surface area contributed by atoms with Gasteiger partial charge in [-0.05, 0) is 86.6 Å². The molecule has 1 N–H and O–H groups in total. The van der Waals surface area contributed by atoms with E-state index in [1.54, 1.807) is 12.1 Å². The number of rotatable bonds is 7. The molecule has 9 heteroatoms. The Morgan fingerprint density at radius 3 is 2.34 bits per heavy atom. The molecule has 1 amide bonds. The van der Waals surface area contributed by atoms with Crippen LogP contribution >= 0.6 is 23.2 Å². The average molecular weight is 497 g/mol. The topological polar surface area (TPSA) is 79.6 Å². The lowest BCUT2D eigenvalue weighted by Crippen LogP contribution is -2.61. The Balaban J connectivity index is 1.39. The van der Waals surface area contributed by atoms with Crippen LogP contribution in [0.2, 0.25) is 10.0 Å². The van der Waals surface area contributed by atoms with Crippen molar-refractivity contribution in [3.05, 3.63) is 52.4 Å². The molecule has 0 atom stereocenters. The van der Waals surface area contributed by atoms with Gasteiger partial charge in [-0.2, -0.15) is 4.31 Å². The first kappa shape index (κ1) is 22.3. The highest BCUT2D eigenvalue weighted by Crippen LogP contribution is 2.55. The molecule has 2 aromatic rings. The molecule has 4 aliphatic carbocycles. The molecule has 1 aromatic carbocycles. The zero-order chi connectivity index (χ0) is 22.5. The molecule has 32 heavy (non-hydrogen) atoms. The Morgan fingerprint density at radius 2 is 1.75 bits per heavy atom. The van der Waals surface area contributed by atoms with Gasteiger partial charge in [0.15, 0.2) is 0 Å². The highest BCUT2D eigenvalue weighted by molar-refractivity contribution is 7.89. The minimum Gasteiger partial charge on any atom is -0.468 e. The summed E-state index contributed by atoms with van der Waals surface area (Å²) < 4.78 is 33.5. The second-order valence-corrected chi connectivity index (χ2v) is 12.4. The number of furan rings is 1. The standard InChI is InChI=1S/C23H26Cl2N2O4S/c24-18-3-4-20(25)21(9-18)32(29,30)27(13-19-2-1-5-31-19)14-22(28)26-23-10-15-6-16(11-23)8-17(7-15)12-23/h1-5,9,15-17H,6-8,10-14H2,(H,26,28). The molecule has 6 rings (SSSR count). The van der Waals surface area contributed by atoms with Crippen LogP contribution < -0.4 is 5.32 Å². The summed E-state index contributed by atoms with van der Waals surface area (Å²) in [7, 11) is -4.10. The lowest BCUT2D eigenvalue weighted by atomic mass is 9.53. The van der Waals surface area contributed by atoms with E-state index in [-0.39, 0.29) is 39.5 Å². The van der Waals surface area contributed by atoms with Crippen LogP contribution in [0.4, 0.5) is 0 Å². The molecule has 1 aromatic heterocycles. The van der Waals surface area contributed by atoms with Crippen LogP contribution in [-0.2, 0) is 21.4 Å². The zero-order valence-electron chi connectivity index (χ0n) is 17.6. The summed E-state index contributed by atoms with van der Waals surface area (Å²) in [6, 6.07) is 7.64. The van der Waals surface area contributed by atoms with Crippen LogP contribution in [0.5, 0.6) is 0 Å². The van der Waals surface area contributed by atoms with Crippen molar-refractivity contribution in [2.24, 2.45) is 17.8 Å². The third-order valence-electron chi connectivity index (χ3n) is 7.19. The molecule has 172 valence electrons. The number of nitrogens with one attached hydrogen (secondary N) is 1. The lowest BCUT2D eigenvalue weighted by Gasteiger charge is -2.57. The second kappa shape index (κ2) is 8.35. The second-order valence-electron chi connectivity index (χ2n) is 9.67. The van der Waals surface area contributed by atoms with Crippen molar-refractivity contribution >= 4 is 39.1 Å². The number of benzene rings is 1. The highest BCUT2D eigenvalue weighted by Gasteiger charge is 2.51. The molecule has 0 radical (unpaired) electrons. The van der Waals surface area contributed by atoms with E-state index in [4.69, 9.17) is 27.6 Å². The third kappa shape index (κ3) is 4.32. The van der Waals surface area contributed by atoms with E-state index in [0.717, 1.165) is 23.6 Å². The number of amides is 1. The smallest absolute Gasteiger partial charge is 0.245 e. The first-order chi connectivity index (χ1) is 15.2. The minimum atomic E-state index is -4.10. The van der Waals surface area contributed by atoms with E-state index in [1.165, 1.54) is 43.7 Å². The predicted octanol–water partition coefficient (Wildman–Crippen LogP) is 4.86. The Labute approximate surface area is 198 Å². The van der Waals surface area contributed by atoms with E-state index < -0.39 is 10.0 Å². The molecular weight excluding hydrogens is 471 g/mol. The molecule has 4 saturated carbocycles. The first-order valence-electron chi connectivity index (χ1n) is 11.0. The van der Waals surface area contributed by atoms with Crippen LogP contribution in [-0.4, -0.2) is 30.7 Å². The number of hydrogen-bond donors (Lipinski definition) is 1. The van der Waals surface area contributed by atoms with Crippen LogP contribution in [0.25, 0.3) is 0 Å². The summed E-state index contributed by atoms with van der Waals surface area (Å²) in [5, 5.41) is 3.56. The summed E-state index contributed by atoms with van der Waals surface area (Å²) >= 11 is 12.2. The van der Waals surface area contributed by atoms with Gasteiger partial charge < -0.3 is 9.73 Å². The van der Waals surface area contributed by atoms with Crippen LogP contribution in [0, 0.1) is 17.8 Å².